The molecule has 1 aliphatic heterocycles. The summed E-state index contributed by atoms with van der Waals surface area (Å²) in [7, 11) is 0. The van der Waals surface area contributed by atoms with Crippen LogP contribution in [0, 0.1) is 18.8 Å². The predicted molar refractivity (Wildman–Crippen MR) is 99.5 cm³/mol. The van der Waals surface area contributed by atoms with E-state index >= 15 is 0 Å². The summed E-state index contributed by atoms with van der Waals surface area (Å²) in [5.41, 5.74) is 1.70. The Bertz CT molecular complexity index is 788. The Kier molecular flexibility index (Phi) is 4.84. The summed E-state index contributed by atoms with van der Waals surface area (Å²) >= 11 is 0. The molecule has 3 unspecified atom stereocenters. The Balaban J connectivity index is 1.40. The van der Waals surface area contributed by atoms with Crippen LogP contribution in [0.25, 0.3) is 0 Å². The summed E-state index contributed by atoms with van der Waals surface area (Å²) in [6, 6.07) is 13.1. The van der Waals surface area contributed by atoms with Gasteiger partial charge in [-0.25, -0.2) is 4.98 Å². The smallest absolute Gasteiger partial charge is 0.356 e. The highest BCUT2D eigenvalue weighted by Gasteiger charge is 2.43. The molecule has 1 aromatic carbocycles. The van der Waals surface area contributed by atoms with Gasteiger partial charge in [0, 0.05) is 25.7 Å². The third-order valence-corrected chi connectivity index (χ3v) is 5.89. The van der Waals surface area contributed by atoms with Crippen molar-refractivity contribution in [3.8, 4) is 0 Å². The quantitative estimate of drug-likeness (QED) is 0.858. The van der Waals surface area contributed by atoms with E-state index in [4.69, 9.17) is 0 Å². The number of hydrogen-bond donors (Lipinski definition) is 1. The molecule has 3 atom stereocenters. The van der Waals surface area contributed by atoms with E-state index in [0.717, 1.165) is 38.5 Å². The van der Waals surface area contributed by atoms with Gasteiger partial charge in [0.15, 0.2) is 0 Å². The summed E-state index contributed by atoms with van der Waals surface area (Å²) in [5.74, 6) is 1.43. The first-order valence-electron chi connectivity index (χ1n) is 9.48. The van der Waals surface area contributed by atoms with Crippen molar-refractivity contribution >= 4 is 5.82 Å². The molecule has 144 valence electrons. The number of nitrogens with zero attached hydrogens (tertiary/aromatic N) is 2. The number of aryl methyl sites for hydroxylation is 1. The lowest BCUT2D eigenvalue weighted by Crippen LogP contribution is -2.35. The van der Waals surface area contributed by atoms with Crippen molar-refractivity contribution in [2.24, 2.45) is 11.8 Å². The first kappa shape index (κ1) is 18.3. The summed E-state index contributed by atoms with van der Waals surface area (Å²) < 4.78 is 38.8. The Morgan fingerprint density at radius 3 is 2.59 bits per heavy atom. The molecule has 1 N–H and O–H groups in total. The van der Waals surface area contributed by atoms with Gasteiger partial charge in [0.1, 0.15) is 11.5 Å². The molecule has 3 nitrogen and oxygen atoms in total. The maximum absolute atomic E-state index is 12.9. The lowest BCUT2D eigenvalue weighted by molar-refractivity contribution is -0.141. The zero-order chi connectivity index (χ0) is 19.0. The highest BCUT2D eigenvalue weighted by Crippen LogP contribution is 2.40. The molecule has 0 radical (unpaired) electrons. The van der Waals surface area contributed by atoms with Gasteiger partial charge < -0.3 is 10.2 Å². The number of hydrogen-bond acceptors (Lipinski definition) is 3. The van der Waals surface area contributed by atoms with Crippen LogP contribution in [0.1, 0.15) is 29.7 Å². The monoisotopic (exact) mass is 375 g/mol. The molecule has 6 heteroatoms. The Labute approximate surface area is 157 Å². The van der Waals surface area contributed by atoms with Crippen molar-refractivity contribution < 1.29 is 13.2 Å². The number of halogens is 3. The van der Waals surface area contributed by atoms with Crippen molar-refractivity contribution in [3.05, 3.63) is 59.3 Å². The number of rotatable bonds is 4. The maximum atomic E-state index is 12.9. The molecule has 0 bridgehead atoms. The summed E-state index contributed by atoms with van der Waals surface area (Å²) in [6.07, 6.45) is -2.15. The van der Waals surface area contributed by atoms with Crippen LogP contribution in [0.15, 0.2) is 42.5 Å². The number of fused-ring (bicyclic) bond motifs is 1. The van der Waals surface area contributed by atoms with Crippen LogP contribution in [-0.2, 0) is 12.7 Å². The topological polar surface area (TPSA) is 28.2 Å². The predicted octanol–water partition coefficient (Wildman–Crippen LogP) is 4.41. The minimum Gasteiger partial charge on any atom is -0.356 e. The summed E-state index contributed by atoms with van der Waals surface area (Å²) in [4.78, 5) is 5.88. The highest BCUT2D eigenvalue weighted by molar-refractivity contribution is 5.42. The number of pyridine rings is 1. The molecule has 4 rings (SSSR count). The second-order valence-corrected chi connectivity index (χ2v) is 7.76. The largest absolute Gasteiger partial charge is 0.433 e. The molecule has 2 aliphatic rings. The van der Waals surface area contributed by atoms with Crippen LogP contribution < -0.4 is 10.2 Å². The van der Waals surface area contributed by atoms with Gasteiger partial charge in [-0.15, -0.1) is 0 Å². The van der Waals surface area contributed by atoms with E-state index in [1.54, 1.807) is 6.07 Å². The number of benzene rings is 1. The zero-order valence-electron chi connectivity index (χ0n) is 15.3. The van der Waals surface area contributed by atoms with Crippen LogP contribution in [0.3, 0.4) is 0 Å². The molecule has 1 aromatic heterocycles. The molecule has 1 saturated carbocycles. The van der Waals surface area contributed by atoms with Gasteiger partial charge in [0.25, 0.3) is 0 Å². The van der Waals surface area contributed by atoms with Gasteiger partial charge >= 0.3 is 6.18 Å². The van der Waals surface area contributed by atoms with Crippen LogP contribution in [-0.4, -0.2) is 24.1 Å². The standard InChI is InChI=1S/C21H24F3N3/c1-14-5-7-15(8-6-14)11-25-18-10-9-16-12-27(13-17(16)18)20-4-2-3-19(26-20)21(22,23)24/h2-8,16-18,25H,9-13H2,1H3. The second-order valence-electron chi connectivity index (χ2n) is 7.76. The molecule has 2 fully saturated rings. The molecule has 0 spiro atoms. The van der Waals surface area contributed by atoms with Crippen LogP contribution in [0.5, 0.6) is 0 Å². The fourth-order valence-electron chi connectivity index (χ4n) is 4.42. The number of anilines is 1. The fourth-order valence-corrected chi connectivity index (χ4v) is 4.42. The second kappa shape index (κ2) is 7.15. The van der Waals surface area contributed by atoms with Crippen molar-refractivity contribution in [2.75, 3.05) is 18.0 Å². The normalized spacial score (nSPS) is 25.0. The van der Waals surface area contributed by atoms with E-state index in [9.17, 15) is 13.2 Å². The van der Waals surface area contributed by atoms with E-state index in [2.05, 4.69) is 41.5 Å². The van der Waals surface area contributed by atoms with E-state index in [-0.39, 0.29) is 0 Å². The van der Waals surface area contributed by atoms with Crippen LogP contribution in [0.2, 0.25) is 0 Å². The molecule has 1 aliphatic carbocycles. The maximum Gasteiger partial charge on any atom is 0.433 e. The Morgan fingerprint density at radius 1 is 1.07 bits per heavy atom. The number of nitrogens with one attached hydrogen (secondary N) is 1. The van der Waals surface area contributed by atoms with E-state index < -0.39 is 11.9 Å². The van der Waals surface area contributed by atoms with Gasteiger partial charge in [0.2, 0.25) is 0 Å². The third kappa shape index (κ3) is 3.95. The van der Waals surface area contributed by atoms with E-state index in [0.29, 0.717) is 23.7 Å². The Hall–Kier alpha value is -2.08. The van der Waals surface area contributed by atoms with Gasteiger partial charge in [-0.2, -0.15) is 13.2 Å². The SMILES string of the molecule is Cc1ccc(CNC2CCC3CN(c4cccc(C(F)(F)F)n4)CC32)cc1. The average molecular weight is 375 g/mol. The summed E-state index contributed by atoms with van der Waals surface area (Å²) in [6.45, 7) is 4.47. The lowest BCUT2D eigenvalue weighted by Gasteiger charge is -2.23. The highest BCUT2D eigenvalue weighted by atomic mass is 19.4. The van der Waals surface area contributed by atoms with E-state index in [1.165, 1.54) is 17.2 Å². The van der Waals surface area contributed by atoms with Gasteiger partial charge in [-0.05, 0) is 49.3 Å². The van der Waals surface area contributed by atoms with Crippen molar-refractivity contribution in [1.82, 2.24) is 10.3 Å². The van der Waals surface area contributed by atoms with Crippen molar-refractivity contribution in [1.29, 1.82) is 0 Å². The third-order valence-electron chi connectivity index (χ3n) is 5.89. The van der Waals surface area contributed by atoms with E-state index in [1.807, 2.05) is 4.90 Å². The van der Waals surface area contributed by atoms with Crippen LogP contribution in [0.4, 0.5) is 19.0 Å². The average Bonchev–Trinajstić information content (AvgIpc) is 3.22. The zero-order valence-corrected chi connectivity index (χ0v) is 15.3. The molecular weight excluding hydrogens is 351 g/mol. The van der Waals surface area contributed by atoms with Gasteiger partial charge in [-0.3, -0.25) is 0 Å². The molecule has 1 saturated heterocycles. The molecular formula is C21H24F3N3. The molecule has 2 aromatic rings. The fraction of sp³-hybridized carbons (Fsp3) is 0.476. The van der Waals surface area contributed by atoms with Crippen molar-refractivity contribution in [3.63, 3.8) is 0 Å². The first-order chi connectivity index (χ1) is 12.9. The van der Waals surface area contributed by atoms with Gasteiger partial charge in [0.05, 0.1) is 0 Å². The lowest BCUT2D eigenvalue weighted by atomic mass is 9.97. The molecule has 27 heavy (non-hydrogen) atoms. The summed E-state index contributed by atoms with van der Waals surface area (Å²) in [5, 5.41) is 3.67. The van der Waals surface area contributed by atoms with Crippen molar-refractivity contribution in [2.45, 2.75) is 38.5 Å². The van der Waals surface area contributed by atoms with Crippen LogP contribution >= 0.6 is 0 Å². The number of aromatic nitrogens is 1. The molecule has 0 amide bonds. The number of alkyl halides is 3. The first-order valence-corrected chi connectivity index (χ1v) is 9.48. The minimum atomic E-state index is -4.40. The molecule has 2 heterocycles. The van der Waals surface area contributed by atoms with Gasteiger partial charge in [-0.1, -0.05) is 35.9 Å². The Morgan fingerprint density at radius 2 is 1.85 bits per heavy atom. The minimum absolute atomic E-state index is 0.409.